The fourth-order valence-corrected chi connectivity index (χ4v) is 2.79. The second kappa shape index (κ2) is 6.07. The molecule has 1 saturated carbocycles. The van der Waals surface area contributed by atoms with Crippen LogP contribution in [-0.4, -0.2) is 17.0 Å². The van der Waals surface area contributed by atoms with E-state index in [0.29, 0.717) is 12.8 Å². The maximum absolute atomic E-state index is 12.3. The molecule has 1 aliphatic rings. The predicted molar refractivity (Wildman–Crippen MR) is 77.6 cm³/mol. The summed E-state index contributed by atoms with van der Waals surface area (Å²) < 4.78 is 0. The smallest absolute Gasteiger partial charge is 0.307 e. The van der Waals surface area contributed by atoms with Crippen molar-refractivity contribution in [3.8, 4) is 0 Å². The number of benzene rings is 1. The molecule has 1 aromatic rings. The van der Waals surface area contributed by atoms with Gasteiger partial charge in [0.1, 0.15) is 0 Å². The first kappa shape index (κ1) is 14.6. The van der Waals surface area contributed by atoms with E-state index in [1.807, 2.05) is 32.0 Å². The Morgan fingerprint density at radius 1 is 1.10 bits per heavy atom. The third kappa shape index (κ3) is 3.18. The molecule has 20 heavy (non-hydrogen) atoms. The number of rotatable bonds is 3. The lowest BCUT2D eigenvalue weighted by Gasteiger charge is -2.27. The molecule has 0 heterocycles. The molecule has 1 amide bonds. The van der Waals surface area contributed by atoms with E-state index in [4.69, 9.17) is 0 Å². The highest BCUT2D eigenvalue weighted by atomic mass is 16.4. The van der Waals surface area contributed by atoms with Gasteiger partial charge in [-0.3, -0.25) is 9.59 Å². The highest BCUT2D eigenvalue weighted by Gasteiger charge is 2.35. The number of carbonyl (C=O) groups is 2. The lowest BCUT2D eigenvalue weighted by Crippen LogP contribution is -2.36. The fourth-order valence-electron chi connectivity index (χ4n) is 2.79. The molecule has 2 atom stereocenters. The number of carbonyl (C=O) groups excluding carboxylic acids is 1. The third-order valence-electron chi connectivity index (χ3n) is 4.19. The van der Waals surface area contributed by atoms with E-state index in [2.05, 4.69) is 5.32 Å². The van der Waals surface area contributed by atoms with E-state index in [1.54, 1.807) is 0 Å². The molecule has 108 valence electrons. The highest BCUT2D eigenvalue weighted by Crippen LogP contribution is 2.31. The van der Waals surface area contributed by atoms with Crippen LogP contribution in [0.5, 0.6) is 0 Å². The number of carboxylic acids is 1. The Hall–Kier alpha value is -1.84. The van der Waals surface area contributed by atoms with Crippen molar-refractivity contribution in [2.45, 2.75) is 39.5 Å². The Balaban J connectivity index is 2.09. The van der Waals surface area contributed by atoms with E-state index in [9.17, 15) is 14.7 Å². The molecule has 0 spiro atoms. The predicted octanol–water partition coefficient (Wildman–Crippen LogP) is 3.13. The number of aliphatic carboxylic acids is 1. The molecule has 4 nitrogen and oxygen atoms in total. The number of anilines is 1. The summed E-state index contributed by atoms with van der Waals surface area (Å²) in [7, 11) is 0. The lowest BCUT2D eigenvalue weighted by atomic mass is 9.78. The Labute approximate surface area is 119 Å². The Kier molecular flexibility index (Phi) is 4.42. The molecule has 0 unspecified atom stereocenters. The van der Waals surface area contributed by atoms with Crippen LogP contribution in [0, 0.1) is 25.7 Å². The van der Waals surface area contributed by atoms with E-state index in [-0.39, 0.29) is 5.91 Å². The minimum atomic E-state index is -0.857. The number of aryl methyl sites for hydroxylation is 2. The van der Waals surface area contributed by atoms with Crippen LogP contribution in [0.1, 0.15) is 36.8 Å². The first-order valence-electron chi connectivity index (χ1n) is 7.10. The number of carboxylic acid groups (broad SMARTS) is 1. The topological polar surface area (TPSA) is 66.4 Å². The molecule has 0 bridgehead atoms. The molecular weight excluding hydrogens is 254 g/mol. The molecule has 1 fully saturated rings. The number of hydrogen-bond donors (Lipinski definition) is 2. The van der Waals surface area contributed by atoms with Crippen LogP contribution < -0.4 is 5.32 Å². The zero-order valence-electron chi connectivity index (χ0n) is 12.0. The lowest BCUT2D eigenvalue weighted by molar-refractivity contribution is -0.147. The van der Waals surface area contributed by atoms with Gasteiger partial charge in [-0.15, -0.1) is 0 Å². The molecule has 2 rings (SSSR count). The summed E-state index contributed by atoms with van der Waals surface area (Å²) in [6.45, 7) is 4.01. The molecule has 0 saturated heterocycles. The third-order valence-corrected chi connectivity index (χ3v) is 4.19. The summed E-state index contributed by atoms with van der Waals surface area (Å²) in [5.74, 6) is -1.98. The first-order valence-corrected chi connectivity index (χ1v) is 7.10. The molecule has 1 aromatic carbocycles. The van der Waals surface area contributed by atoms with E-state index in [0.717, 1.165) is 24.1 Å². The van der Waals surface area contributed by atoms with Gasteiger partial charge in [-0.05, 0) is 49.9 Å². The normalized spacial score (nSPS) is 22.3. The monoisotopic (exact) mass is 275 g/mol. The van der Waals surface area contributed by atoms with Crippen LogP contribution in [0.4, 0.5) is 5.69 Å². The zero-order valence-corrected chi connectivity index (χ0v) is 12.0. The van der Waals surface area contributed by atoms with Crippen LogP contribution in [0.15, 0.2) is 18.2 Å². The highest BCUT2D eigenvalue weighted by molar-refractivity contribution is 5.95. The van der Waals surface area contributed by atoms with Crippen molar-refractivity contribution >= 4 is 17.6 Å². The van der Waals surface area contributed by atoms with Crippen molar-refractivity contribution in [3.05, 3.63) is 29.3 Å². The van der Waals surface area contributed by atoms with Gasteiger partial charge in [-0.1, -0.05) is 18.9 Å². The van der Waals surface area contributed by atoms with Crippen molar-refractivity contribution in [1.82, 2.24) is 0 Å². The van der Waals surface area contributed by atoms with Gasteiger partial charge in [0, 0.05) is 5.69 Å². The summed E-state index contributed by atoms with van der Waals surface area (Å²) in [5, 5.41) is 12.1. The quantitative estimate of drug-likeness (QED) is 0.890. The van der Waals surface area contributed by atoms with Gasteiger partial charge < -0.3 is 10.4 Å². The summed E-state index contributed by atoms with van der Waals surface area (Å²) in [6.07, 6.45) is 3.08. The minimum Gasteiger partial charge on any atom is -0.481 e. The van der Waals surface area contributed by atoms with E-state index < -0.39 is 17.8 Å². The van der Waals surface area contributed by atoms with Gasteiger partial charge in [0.25, 0.3) is 0 Å². The summed E-state index contributed by atoms with van der Waals surface area (Å²) in [6, 6.07) is 5.74. The molecule has 0 radical (unpaired) electrons. The Bertz CT molecular complexity index is 524. The molecular formula is C16H21NO3. The average Bonchev–Trinajstić information content (AvgIpc) is 2.43. The fraction of sp³-hybridized carbons (Fsp3) is 0.500. The maximum Gasteiger partial charge on any atom is 0.307 e. The van der Waals surface area contributed by atoms with Gasteiger partial charge in [0.2, 0.25) is 5.91 Å². The van der Waals surface area contributed by atoms with Crippen molar-refractivity contribution < 1.29 is 14.7 Å². The molecule has 2 N–H and O–H groups in total. The number of amides is 1. The second-order valence-corrected chi connectivity index (χ2v) is 5.62. The Morgan fingerprint density at radius 3 is 2.35 bits per heavy atom. The maximum atomic E-state index is 12.3. The van der Waals surface area contributed by atoms with Gasteiger partial charge in [0.05, 0.1) is 11.8 Å². The van der Waals surface area contributed by atoms with Crippen LogP contribution in [0.25, 0.3) is 0 Å². The average molecular weight is 275 g/mol. The zero-order chi connectivity index (χ0) is 14.7. The first-order chi connectivity index (χ1) is 9.49. The van der Waals surface area contributed by atoms with Crippen LogP contribution in [0.3, 0.4) is 0 Å². The number of nitrogens with one attached hydrogen (secondary N) is 1. The molecule has 0 aromatic heterocycles. The Morgan fingerprint density at radius 2 is 1.75 bits per heavy atom. The van der Waals surface area contributed by atoms with Gasteiger partial charge >= 0.3 is 5.97 Å². The summed E-state index contributed by atoms with van der Waals surface area (Å²) >= 11 is 0. The molecule has 0 aliphatic heterocycles. The van der Waals surface area contributed by atoms with Gasteiger partial charge in [-0.25, -0.2) is 0 Å². The van der Waals surface area contributed by atoms with E-state index in [1.165, 1.54) is 5.56 Å². The van der Waals surface area contributed by atoms with Crippen LogP contribution >= 0.6 is 0 Å². The standard InChI is InChI=1S/C16H21NO3/c1-10-7-8-12(9-11(10)2)17-15(18)13-5-3-4-6-14(13)16(19)20/h7-9,13-14H,3-6H2,1-2H3,(H,17,18)(H,19,20)/t13-,14+/m0/s1. The molecule has 4 heteroatoms. The van der Waals surface area contributed by atoms with Crippen molar-refractivity contribution in [2.75, 3.05) is 5.32 Å². The van der Waals surface area contributed by atoms with Crippen molar-refractivity contribution in [3.63, 3.8) is 0 Å². The van der Waals surface area contributed by atoms with Gasteiger partial charge in [0.15, 0.2) is 0 Å². The summed E-state index contributed by atoms with van der Waals surface area (Å²) in [4.78, 5) is 23.5. The van der Waals surface area contributed by atoms with Gasteiger partial charge in [-0.2, -0.15) is 0 Å². The van der Waals surface area contributed by atoms with Crippen LogP contribution in [-0.2, 0) is 9.59 Å². The molecule has 1 aliphatic carbocycles. The minimum absolute atomic E-state index is 0.166. The van der Waals surface area contributed by atoms with E-state index >= 15 is 0 Å². The van der Waals surface area contributed by atoms with Crippen LogP contribution in [0.2, 0.25) is 0 Å². The number of hydrogen-bond acceptors (Lipinski definition) is 2. The van der Waals surface area contributed by atoms with Crippen molar-refractivity contribution in [1.29, 1.82) is 0 Å². The SMILES string of the molecule is Cc1ccc(NC(=O)[C@H]2CCCC[C@H]2C(=O)O)cc1C. The summed E-state index contributed by atoms with van der Waals surface area (Å²) in [5.41, 5.74) is 3.03. The second-order valence-electron chi connectivity index (χ2n) is 5.62. The largest absolute Gasteiger partial charge is 0.481 e. The van der Waals surface area contributed by atoms with Crippen molar-refractivity contribution in [2.24, 2.45) is 11.8 Å².